The van der Waals surface area contributed by atoms with Crippen LogP contribution in [-0.4, -0.2) is 38.2 Å². The summed E-state index contributed by atoms with van der Waals surface area (Å²) in [4.78, 5) is 21.1. The van der Waals surface area contributed by atoms with Crippen LogP contribution in [0.15, 0.2) is 0 Å². The SMILES string of the molecule is C#CCNCC(=O)NCCOC(N)=O. The smallest absolute Gasteiger partial charge is 0.404 e. The lowest BCUT2D eigenvalue weighted by molar-refractivity contribution is -0.120. The van der Waals surface area contributed by atoms with E-state index in [-0.39, 0.29) is 25.6 Å². The van der Waals surface area contributed by atoms with Gasteiger partial charge < -0.3 is 15.8 Å². The normalized spacial score (nSPS) is 8.79. The van der Waals surface area contributed by atoms with Crippen molar-refractivity contribution in [3.05, 3.63) is 0 Å². The molecule has 0 aromatic carbocycles. The molecule has 0 saturated carbocycles. The molecule has 6 heteroatoms. The minimum atomic E-state index is -0.857. The van der Waals surface area contributed by atoms with Gasteiger partial charge in [-0.25, -0.2) is 4.79 Å². The fourth-order valence-corrected chi connectivity index (χ4v) is 0.653. The van der Waals surface area contributed by atoms with E-state index in [2.05, 4.69) is 21.3 Å². The van der Waals surface area contributed by atoms with Gasteiger partial charge in [-0.1, -0.05) is 5.92 Å². The molecule has 78 valence electrons. The van der Waals surface area contributed by atoms with Crippen molar-refractivity contribution in [3.8, 4) is 12.3 Å². The molecule has 0 saturated heterocycles. The molecule has 6 nitrogen and oxygen atoms in total. The number of amides is 2. The van der Waals surface area contributed by atoms with Gasteiger partial charge >= 0.3 is 6.09 Å². The highest BCUT2D eigenvalue weighted by atomic mass is 16.5. The zero-order valence-electron chi connectivity index (χ0n) is 7.71. The van der Waals surface area contributed by atoms with E-state index in [1.54, 1.807) is 0 Å². The number of nitrogens with two attached hydrogens (primary N) is 1. The third-order valence-electron chi connectivity index (χ3n) is 1.18. The summed E-state index contributed by atoms with van der Waals surface area (Å²) in [5, 5.41) is 5.20. The lowest BCUT2D eigenvalue weighted by atomic mass is 10.5. The van der Waals surface area contributed by atoms with Gasteiger partial charge in [0.15, 0.2) is 0 Å². The van der Waals surface area contributed by atoms with Crippen molar-refractivity contribution in [2.24, 2.45) is 5.73 Å². The maximum atomic E-state index is 10.9. The Balaban J connectivity index is 3.28. The Hall–Kier alpha value is -1.74. The maximum Gasteiger partial charge on any atom is 0.404 e. The van der Waals surface area contributed by atoms with Gasteiger partial charge in [-0.3, -0.25) is 10.1 Å². The molecular formula is C8H13N3O3. The molecule has 0 aliphatic rings. The molecule has 0 aromatic heterocycles. The van der Waals surface area contributed by atoms with Gasteiger partial charge in [0.2, 0.25) is 5.91 Å². The zero-order chi connectivity index (χ0) is 10.8. The molecule has 0 spiro atoms. The van der Waals surface area contributed by atoms with Gasteiger partial charge in [-0.2, -0.15) is 0 Å². The van der Waals surface area contributed by atoms with Crippen LogP contribution in [0.3, 0.4) is 0 Å². The first-order valence-electron chi connectivity index (χ1n) is 4.00. The third-order valence-corrected chi connectivity index (χ3v) is 1.18. The highest BCUT2D eigenvalue weighted by Gasteiger charge is 1.99. The van der Waals surface area contributed by atoms with Crippen molar-refractivity contribution in [2.45, 2.75) is 0 Å². The predicted octanol–water partition coefficient (Wildman–Crippen LogP) is -1.58. The summed E-state index contributed by atoms with van der Waals surface area (Å²) in [7, 11) is 0. The second-order valence-electron chi connectivity index (χ2n) is 2.33. The average Bonchev–Trinajstić information content (AvgIpc) is 2.13. The van der Waals surface area contributed by atoms with Crippen LogP contribution in [0.25, 0.3) is 0 Å². The molecule has 0 aromatic rings. The van der Waals surface area contributed by atoms with E-state index < -0.39 is 6.09 Å². The van der Waals surface area contributed by atoms with E-state index in [1.807, 2.05) is 0 Å². The number of hydrogen-bond donors (Lipinski definition) is 3. The van der Waals surface area contributed by atoms with E-state index in [0.29, 0.717) is 6.54 Å². The minimum Gasteiger partial charge on any atom is -0.448 e. The first kappa shape index (κ1) is 12.3. The first-order chi connectivity index (χ1) is 6.66. The second kappa shape index (κ2) is 7.89. The van der Waals surface area contributed by atoms with Gasteiger partial charge in [-0.05, 0) is 0 Å². The summed E-state index contributed by atoms with van der Waals surface area (Å²) in [6.45, 7) is 0.779. The number of hydrogen-bond acceptors (Lipinski definition) is 4. The van der Waals surface area contributed by atoms with Crippen LogP contribution in [0.4, 0.5) is 4.79 Å². The Morgan fingerprint density at radius 1 is 1.50 bits per heavy atom. The summed E-state index contributed by atoms with van der Waals surface area (Å²) in [6, 6.07) is 0. The number of ether oxygens (including phenoxy) is 1. The van der Waals surface area contributed by atoms with Crippen LogP contribution >= 0.6 is 0 Å². The lowest BCUT2D eigenvalue weighted by Gasteiger charge is -2.04. The summed E-state index contributed by atoms with van der Waals surface area (Å²) in [6.07, 6.45) is 4.10. The quantitative estimate of drug-likeness (QED) is 0.355. The molecule has 0 rings (SSSR count). The van der Waals surface area contributed by atoms with E-state index in [0.717, 1.165) is 0 Å². The molecular weight excluding hydrogens is 186 g/mol. The van der Waals surface area contributed by atoms with Gasteiger partial charge in [0.1, 0.15) is 6.61 Å². The van der Waals surface area contributed by atoms with Crippen LogP contribution in [-0.2, 0) is 9.53 Å². The van der Waals surface area contributed by atoms with E-state index in [1.165, 1.54) is 0 Å². The Labute approximate surface area is 82.2 Å². The molecule has 0 heterocycles. The number of carbonyl (C=O) groups is 2. The van der Waals surface area contributed by atoms with Gasteiger partial charge in [0.05, 0.1) is 19.6 Å². The standard InChI is InChI=1S/C8H13N3O3/c1-2-3-10-6-7(12)11-4-5-14-8(9)13/h1,10H,3-6H2,(H2,9,13)(H,11,12). The van der Waals surface area contributed by atoms with Crippen LogP contribution in [0.2, 0.25) is 0 Å². The molecule has 0 radical (unpaired) electrons. The largest absolute Gasteiger partial charge is 0.448 e. The molecule has 0 fully saturated rings. The predicted molar refractivity (Wildman–Crippen MR) is 50.2 cm³/mol. The Morgan fingerprint density at radius 3 is 2.79 bits per heavy atom. The molecule has 2 amide bonds. The molecule has 0 bridgehead atoms. The van der Waals surface area contributed by atoms with Crippen molar-refractivity contribution < 1.29 is 14.3 Å². The number of rotatable bonds is 6. The van der Waals surface area contributed by atoms with Crippen LogP contribution in [0, 0.1) is 12.3 Å². The van der Waals surface area contributed by atoms with E-state index >= 15 is 0 Å². The average molecular weight is 199 g/mol. The fourth-order valence-electron chi connectivity index (χ4n) is 0.653. The monoisotopic (exact) mass is 199 g/mol. The number of primary amides is 1. The number of carbonyl (C=O) groups excluding carboxylic acids is 2. The Morgan fingerprint density at radius 2 is 2.21 bits per heavy atom. The molecule has 4 N–H and O–H groups in total. The highest BCUT2D eigenvalue weighted by Crippen LogP contribution is 1.71. The highest BCUT2D eigenvalue weighted by molar-refractivity contribution is 5.78. The minimum absolute atomic E-state index is 0.0657. The van der Waals surface area contributed by atoms with E-state index in [4.69, 9.17) is 12.2 Å². The maximum absolute atomic E-state index is 10.9. The van der Waals surface area contributed by atoms with Crippen molar-refractivity contribution in [2.75, 3.05) is 26.2 Å². The molecule has 0 aliphatic heterocycles. The molecule has 14 heavy (non-hydrogen) atoms. The van der Waals surface area contributed by atoms with Gasteiger partial charge in [0, 0.05) is 0 Å². The zero-order valence-corrected chi connectivity index (χ0v) is 7.71. The first-order valence-corrected chi connectivity index (χ1v) is 4.00. The van der Waals surface area contributed by atoms with Crippen molar-refractivity contribution in [1.82, 2.24) is 10.6 Å². The fraction of sp³-hybridized carbons (Fsp3) is 0.500. The summed E-state index contributed by atoms with van der Waals surface area (Å²) in [5.41, 5.74) is 4.70. The van der Waals surface area contributed by atoms with Gasteiger partial charge in [-0.15, -0.1) is 6.42 Å². The summed E-state index contributed by atoms with van der Waals surface area (Å²) >= 11 is 0. The van der Waals surface area contributed by atoms with Crippen molar-refractivity contribution in [3.63, 3.8) is 0 Å². The second-order valence-corrected chi connectivity index (χ2v) is 2.33. The van der Waals surface area contributed by atoms with Crippen molar-refractivity contribution in [1.29, 1.82) is 0 Å². The number of nitrogens with one attached hydrogen (secondary N) is 2. The summed E-state index contributed by atoms with van der Waals surface area (Å²) < 4.78 is 4.39. The van der Waals surface area contributed by atoms with Crippen LogP contribution in [0.5, 0.6) is 0 Å². The van der Waals surface area contributed by atoms with Crippen LogP contribution in [0.1, 0.15) is 0 Å². The molecule has 0 aliphatic carbocycles. The van der Waals surface area contributed by atoms with E-state index in [9.17, 15) is 9.59 Å². The summed E-state index contributed by atoms with van der Waals surface area (Å²) in [5.74, 6) is 2.11. The lowest BCUT2D eigenvalue weighted by Crippen LogP contribution is -2.36. The Bertz CT molecular complexity index is 234. The molecule has 0 atom stereocenters. The van der Waals surface area contributed by atoms with Gasteiger partial charge in [0.25, 0.3) is 0 Å². The van der Waals surface area contributed by atoms with Crippen LogP contribution < -0.4 is 16.4 Å². The number of terminal acetylenes is 1. The Kier molecular flexibility index (Phi) is 6.91. The third kappa shape index (κ3) is 8.36. The van der Waals surface area contributed by atoms with Crippen molar-refractivity contribution >= 4 is 12.0 Å². The molecule has 0 unspecified atom stereocenters. The topological polar surface area (TPSA) is 93.4 Å².